The third kappa shape index (κ3) is 35.2. The number of phosphoric acid groups is 1. The fraction of sp³-hybridized carbons (Fsp3) is 1.00. The van der Waals surface area contributed by atoms with Crippen LogP contribution in [0.25, 0.3) is 0 Å². The Morgan fingerprint density at radius 2 is 1.13 bits per heavy atom. The first-order valence-corrected chi connectivity index (χ1v) is 14.9. The number of ether oxygens (including phenoxy) is 1. The van der Waals surface area contributed by atoms with Crippen molar-refractivity contribution in [1.82, 2.24) is 0 Å². The zero-order valence-electron chi connectivity index (χ0n) is 20.3. The van der Waals surface area contributed by atoms with Crippen LogP contribution in [0.15, 0.2) is 0 Å². The topological polar surface area (TPSA) is 107 Å². The zero-order chi connectivity index (χ0) is 23.8. The Kier molecular flexibility index (Phi) is 27.1. The van der Waals surface area contributed by atoms with Gasteiger partial charge in [-0.1, -0.05) is 110 Å². The number of aliphatic hydroxyl groups is 1. The van der Waals surface area contributed by atoms with E-state index in [0.29, 0.717) is 5.25 Å². The van der Waals surface area contributed by atoms with Crippen LogP contribution in [0.5, 0.6) is 0 Å². The van der Waals surface area contributed by atoms with Crippen molar-refractivity contribution in [2.24, 2.45) is 0 Å². The Bertz CT molecular complexity index is 382. The lowest BCUT2D eigenvalue weighted by Crippen LogP contribution is -2.19. The van der Waals surface area contributed by atoms with Gasteiger partial charge in [0, 0.05) is 18.1 Å². The fourth-order valence-corrected chi connectivity index (χ4v) is 4.47. The lowest BCUT2D eigenvalue weighted by molar-refractivity contribution is 0.0656. The standard InChI is InChI=1S/C23H48O2S.H3O4P/c1-4-5-6-7-8-9-10-11-12-13-14-15-16-17-18-19-22(2)26-21-23(20-24)25-3;1-5(2,3)4/h22-24H,4-21H2,1-3H3;(H3,1,2,3,4). The minimum Gasteiger partial charge on any atom is -0.394 e. The highest BCUT2D eigenvalue weighted by Gasteiger charge is 2.09. The molecule has 0 saturated heterocycles. The molecule has 190 valence electrons. The third-order valence-corrected chi connectivity index (χ3v) is 6.69. The highest BCUT2D eigenvalue weighted by molar-refractivity contribution is 7.99. The van der Waals surface area contributed by atoms with E-state index in [1.165, 1.54) is 103 Å². The van der Waals surface area contributed by atoms with Crippen LogP contribution in [-0.2, 0) is 9.30 Å². The molecule has 0 fully saturated rings. The van der Waals surface area contributed by atoms with Crippen LogP contribution in [0.1, 0.15) is 117 Å². The molecule has 0 aliphatic heterocycles. The summed E-state index contributed by atoms with van der Waals surface area (Å²) >= 11 is 1.94. The molecule has 0 bridgehead atoms. The number of rotatable bonds is 21. The van der Waals surface area contributed by atoms with Crippen LogP contribution in [0, 0.1) is 0 Å². The van der Waals surface area contributed by atoms with E-state index in [1.54, 1.807) is 7.11 Å². The quantitative estimate of drug-likeness (QED) is 0.109. The van der Waals surface area contributed by atoms with Crippen molar-refractivity contribution in [1.29, 1.82) is 0 Å². The van der Waals surface area contributed by atoms with Crippen LogP contribution in [0.3, 0.4) is 0 Å². The molecule has 6 nitrogen and oxygen atoms in total. The molecule has 0 aromatic rings. The molecule has 31 heavy (non-hydrogen) atoms. The van der Waals surface area contributed by atoms with Crippen molar-refractivity contribution in [3.8, 4) is 0 Å². The highest BCUT2D eigenvalue weighted by atomic mass is 32.2. The summed E-state index contributed by atoms with van der Waals surface area (Å²) in [6.07, 6.45) is 22.7. The van der Waals surface area contributed by atoms with Crippen molar-refractivity contribution in [3.05, 3.63) is 0 Å². The predicted octanol–water partition coefficient (Wildman–Crippen LogP) is 6.45. The maximum absolute atomic E-state index is 9.12. The summed E-state index contributed by atoms with van der Waals surface area (Å²) in [5.74, 6) is 0.910. The average Bonchev–Trinajstić information content (AvgIpc) is 2.70. The largest absolute Gasteiger partial charge is 0.466 e. The Morgan fingerprint density at radius 3 is 1.45 bits per heavy atom. The summed E-state index contributed by atoms with van der Waals surface area (Å²) in [6.45, 7) is 4.73. The summed E-state index contributed by atoms with van der Waals surface area (Å²) < 4.78 is 14.1. The molecule has 0 heterocycles. The molecule has 0 rings (SSSR count). The van der Waals surface area contributed by atoms with Crippen molar-refractivity contribution < 1.29 is 29.1 Å². The molecule has 2 atom stereocenters. The van der Waals surface area contributed by atoms with Gasteiger partial charge in [0.1, 0.15) is 0 Å². The molecule has 2 unspecified atom stereocenters. The van der Waals surface area contributed by atoms with Crippen LogP contribution in [0.4, 0.5) is 0 Å². The molecular weight excluding hydrogens is 435 g/mol. The number of thioether (sulfide) groups is 1. The predicted molar refractivity (Wildman–Crippen MR) is 134 cm³/mol. The molecule has 0 amide bonds. The number of hydrogen-bond acceptors (Lipinski definition) is 4. The molecule has 0 aromatic carbocycles. The summed E-state index contributed by atoms with van der Waals surface area (Å²) in [4.78, 5) is 21.6. The Balaban J connectivity index is 0. The summed E-state index contributed by atoms with van der Waals surface area (Å²) in [5.41, 5.74) is 0. The second-order valence-corrected chi connectivity index (χ2v) is 10.9. The van der Waals surface area contributed by atoms with Gasteiger partial charge in [-0.25, -0.2) is 4.57 Å². The Morgan fingerprint density at radius 1 is 0.774 bits per heavy atom. The van der Waals surface area contributed by atoms with Crippen LogP contribution in [-0.4, -0.2) is 50.6 Å². The molecule has 0 aromatic heterocycles. The van der Waals surface area contributed by atoms with Gasteiger partial charge < -0.3 is 24.5 Å². The smallest absolute Gasteiger partial charge is 0.394 e. The van der Waals surface area contributed by atoms with Gasteiger partial charge in [0.05, 0.1) is 12.7 Å². The normalized spacial score (nSPS) is 13.5. The number of unbranched alkanes of at least 4 members (excludes halogenated alkanes) is 14. The van der Waals surface area contributed by atoms with E-state index in [1.807, 2.05) is 11.8 Å². The summed E-state index contributed by atoms with van der Waals surface area (Å²) in [6, 6.07) is 0. The van der Waals surface area contributed by atoms with Crippen LogP contribution >= 0.6 is 19.6 Å². The van der Waals surface area contributed by atoms with Gasteiger partial charge in [0.15, 0.2) is 0 Å². The minimum atomic E-state index is -4.64. The maximum Gasteiger partial charge on any atom is 0.466 e. The second-order valence-electron chi connectivity index (χ2n) is 8.44. The van der Waals surface area contributed by atoms with E-state index < -0.39 is 7.82 Å². The maximum atomic E-state index is 9.12. The minimum absolute atomic E-state index is 0.00325. The third-order valence-electron chi connectivity index (χ3n) is 5.32. The fourth-order valence-electron chi connectivity index (χ4n) is 3.35. The van der Waals surface area contributed by atoms with Crippen molar-refractivity contribution in [3.63, 3.8) is 0 Å². The van der Waals surface area contributed by atoms with Gasteiger partial charge in [-0.3, -0.25) is 0 Å². The zero-order valence-corrected chi connectivity index (χ0v) is 22.1. The van der Waals surface area contributed by atoms with Gasteiger partial charge in [0.25, 0.3) is 0 Å². The summed E-state index contributed by atoms with van der Waals surface area (Å²) in [7, 11) is -2.96. The first-order chi connectivity index (χ1) is 14.7. The molecular formula is C23H51O6PS. The van der Waals surface area contributed by atoms with Crippen molar-refractivity contribution in [2.45, 2.75) is 128 Å². The Hall–Kier alpha value is 0.380. The highest BCUT2D eigenvalue weighted by Crippen LogP contribution is 2.25. The van der Waals surface area contributed by atoms with E-state index in [0.717, 1.165) is 5.75 Å². The molecule has 0 saturated carbocycles. The van der Waals surface area contributed by atoms with Gasteiger partial charge in [-0.05, 0) is 6.42 Å². The SMILES string of the molecule is CCCCCCCCCCCCCCCCCC(C)SCC(CO)OC.O=P(O)(O)O. The van der Waals surface area contributed by atoms with E-state index >= 15 is 0 Å². The second kappa shape index (κ2) is 25.0. The molecule has 0 aliphatic rings. The molecule has 0 aliphatic carbocycles. The van der Waals surface area contributed by atoms with Crippen LogP contribution < -0.4 is 0 Å². The van der Waals surface area contributed by atoms with Crippen LogP contribution in [0.2, 0.25) is 0 Å². The lowest BCUT2D eigenvalue weighted by Gasteiger charge is -2.15. The van der Waals surface area contributed by atoms with Gasteiger partial charge in [0.2, 0.25) is 0 Å². The van der Waals surface area contributed by atoms with Gasteiger partial charge in [-0.2, -0.15) is 11.8 Å². The number of aliphatic hydroxyl groups excluding tert-OH is 1. The number of hydrogen-bond donors (Lipinski definition) is 4. The average molecular weight is 487 g/mol. The Labute approximate surface area is 196 Å². The van der Waals surface area contributed by atoms with Crippen molar-refractivity contribution >= 4 is 19.6 Å². The van der Waals surface area contributed by atoms with E-state index in [9.17, 15) is 0 Å². The monoisotopic (exact) mass is 486 g/mol. The number of methoxy groups -OCH3 is 1. The first kappa shape index (κ1) is 33.6. The van der Waals surface area contributed by atoms with Gasteiger partial charge in [-0.15, -0.1) is 0 Å². The molecule has 4 N–H and O–H groups in total. The molecule has 8 heteroatoms. The van der Waals surface area contributed by atoms with E-state index in [4.69, 9.17) is 29.1 Å². The van der Waals surface area contributed by atoms with Crippen molar-refractivity contribution in [2.75, 3.05) is 19.5 Å². The first-order valence-electron chi connectivity index (χ1n) is 12.3. The lowest BCUT2D eigenvalue weighted by atomic mass is 10.0. The summed E-state index contributed by atoms with van der Waals surface area (Å²) in [5, 5.41) is 9.80. The molecule has 0 radical (unpaired) electrons. The van der Waals surface area contributed by atoms with Gasteiger partial charge >= 0.3 is 7.82 Å². The van der Waals surface area contributed by atoms with E-state index in [-0.39, 0.29) is 12.7 Å². The molecule has 0 spiro atoms. The van der Waals surface area contributed by atoms with E-state index in [2.05, 4.69) is 13.8 Å².